The van der Waals surface area contributed by atoms with Crippen LogP contribution in [0.2, 0.25) is 0 Å². The molecule has 3 heteroatoms. The molecule has 0 bridgehead atoms. The van der Waals surface area contributed by atoms with E-state index in [0.29, 0.717) is 0 Å². The maximum absolute atomic E-state index is 12.8. The molecule has 16 heavy (non-hydrogen) atoms. The van der Waals surface area contributed by atoms with Crippen molar-refractivity contribution < 1.29 is 9.13 Å². The number of methoxy groups -OCH3 is 1. The summed E-state index contributed by atoms with van der Waals surface area (Å²) in [6.07, 6.45) is 3.42. The molecule has 0 unspecified atom stereocenters. The van der Waals surface area contributed by atoms with Gasteiger partial charge in [-0.1, -0.05) is 12.1 Å². The Morgan fingerprint density at radius 3 is 2.88 bits per heavy atom. The zero-order valence-corrected chi connectivity index (χ0v) is 9.84. The van der Waals surface area contributed by atoms with Crippen molar-refractivity contribution in [1.29, 1.82) is 0 Å². The fraction of sp³-hybridized carbons (Fsp3) is 0.538. The molecule has 0 aliphatic carbocycles. The van der Waals surface area contributed by atoms with E-state index in [9.17, 15) is 4.39 Å². The molecule has 1 rings (SSSR count). The zero-order valence-electron chi connectivity index (χ0n) is 9.84. The van der Waals surface area contributed by atoms with Crippen molar-refractivity contribution in [3.05, 3.63) is 35.6 Å². The van der Waals surface area contributed by atoms with E-state index in [-0.39, 0.29) is 5.82 Å². The van der Waals surface area contributed by atoms with Crippen LogP contribution in [0.1, 0.15) is 24.8 Å². The molecule has 0 aromatic heterocycles. The van der Waals surface area contributed by atoms with Gasteiger partial charge in [-0.3, -0.25) is 0 Å². The lowest BCUT2D eigenvalue weighted by atomic mass is 10.2. The van der Waals surface area contributed by atoms with Gasteiger partial charge in [0, 0.05) is 20.3 Å². The first-order chi connectivity index (χ1) is 7.83. The Kier molecular flexibility index (Phi) is 6.77. The number of nitrogens with one attached hydrogen (secondary N) is 1. The lowest BCUT2D eigenvalue weighted by Gasteiger charge is -2.05. The van der Waals surface area contributed by atoms with E-state index < -0.39 is 0 Å². The summed E-state index contributed by atoms with van der Waals surface area (Å²) in [7, 11) is 1.72. The molecule has 0 aliphatic rings. The second-order valence-electron chi connectivity index (χ2n) is 3.86. The fourth-order valence-electron chi connectivity index (χ4n) is 1.55. The highest BCUT2D eigenvalue weighted by Crippen LogP contribution is 2.03. The predicted octanol–water partition coefficient (Wildman–Crippen LogP) is 2.73. The van der Waals surface area contributed by atoms with Crippen molar-refractivity contribution in [2.45, 2.75) is 25.8 Å². The van der Waals surface area contributed by atoms with Gasteiger partial charge in [0.1, 0.15) is 5.82 Å². The quantitative estimate of drug-likeness (QED) is 0.687. The topological polar surface area (TPSA) is 21.3 Å². The average molecular weight is 225 g/mol. The molecule has 0 saturated heterocycles. The Bertz CT molecular complexity index is 291. The Morgan fingerprint density at radius 2 is 2.12 bits per heavy atom. The van der Waals surface area contributed by atoms with Gasteiger partial charge < -0.3 is 10.1 Å². The van der Waals surface area contributed by atoms with Crippen LogP contribution in [0.25, 0.3) is 0 Å². The van der Waals surface area contributed by atoms with E-state index in [4.69, 9.17) is 4.74 Å². The van der Waals surface area contributed by atoms with Gasteiger partial charge in [-0.15, -0.1) is 0 Å². The molecule has 0 radical (unpaired) electrons. The van der Waals surface area contributed by atoms with E-state index in [1.165, 1.54) is 12.5 Å². The van der Waals surface area contributed by atoms with E-state index in [1.807, 2.05) is 6.07 Å². The molecule has 0 spiro atoms. The first-order valence-electron chi connectivity index (χ1n) is 5.77. The number of halogens is 1. The summed E-state index contributed by atoms with van der Waals surface area (Å²) in [6.45, 7) is 2.55. The van der Waals surface area contributed by atoms with Gasteiger partial charge in [-0.05, 0) is 43.5 Å². The molecule has 0 heterocycles. The number of benzene rings is 1. The highest BCUT2D eigenvalue weighted by molar-refractivity contribution is 5.15. The Labute approximate surface area is 96.8 Å². The molecule has 0 amide bonds. The first-order valence-corrected chi connectivity index (χ1v) is 5.77. The Balaban J connectivity index is 2.03. The molecule has 1 aromatic carbocycles. The molecule has 0 aliphatic heterocycles. The second-order valence-corrected chi connectivity index (χ2v) is 3.86. The van der Waals surface area contributed by atoms with E-state index in [2.05, 4.69) is 5.32 Å². The fourth-order valence-corrected chi connectivity index (χ4v) is 1.55. The Morgan fingerprint density at radius 1 is 1.25 bits per heavy atom. The Hall–Kier alpha value is -0.930. The zero-order chi connectivity index (χ0) is 11.6. The van der Waals surface area contributed by atoms with Crippen molar-refractivity contribution >= 4 is 0 Å². The normalized spacial score (nSPS) is 10.6. The van der Waals surface area contributed by atoms with Crippen molar-refractivity contribution in [2.24, 2.45) is 0 Å². The molecule has 90 valence electrons. The highest BCUT2D eigenvalue weighted by Gasteiger charge is 1.94. The average Bonchev–Trinajstić information content (AvgIpc) is 2.28. The van der Waals surface area contributed by atoms with E-state index in [1.54, 1.807) is 19.2 Å². The number of hydrogen-bond donors (Lipinski definition) is 1. The minimum atomic E-state index is -0.167. The van der Waals surface area contributed by atoms with Crippen LogP contribution in [-0.4, -0.2) is 20.3 Å². The van der Waals surface area contributed by atoms with Gasteiger partial charge in [0.15, 0.2) is 0 Å². The molecule has 1 N–H and O–H groups in total. The molecule has 1 aromatic rings. The van der Waals surface area contributed by atoms with E-state index in [0.717, 1.165) is 38.1 Å². The van der Waals surface area contributed by atoms with Crippen LogP contribution in [-0.2, 0) is 11.3 Å². The van der Waals surface area contributed by atoms with Crippen molar-refractivity contribution in [2.75, 3.05) is 20.3 Å². The third kappa shape index (κ3) is 5.83. The van der Waals surface area contributed by atoms with Crippen LogP contribution in [0.3, 0.4) is 0 Å². The number of ether oxygens (including phenoxy) is 1. The van der Waals surface area contributed by atoms with E-state index >= 15 is 0 Å². The van der Waals surface area contributed by atoms with Crippen LogP contribution in [0.15, 0.2) is 24.3 Å². The monoisotopic (exact) mass is 225 g/mol. The van der Waals surface area contributed by atoms with Gasteiger partial charge in [0.05, 0.1) is 0 Å². The molecule has 0 fully saturated rings. The molecule has 0 atom stereocenters. The lowest BCUT2D eigenvalue weighted by molar-refractivity contribution is 0.192. The smallest absolute Gasteiger partial charge is 0.123 e. The maximum atomic E-state index is 12.8. The maximum Gasteiger partial charge on any atom is 0.123 e. The summed E-state index contributed by atoms with van der Waals surface area (Å²) in [5.74, 6) is -0.167. The summed E-state index contributed by atoms with van der Waals surface area (Å²) in [5.41, 5.74) is 0.997. The minimum Gasteiger partial charge on any atom is -0.385 e. The predicted molar refractivity (Wildman–Crippen MR) is 63.8 cm³/mol. The van der Waals surface area contributed by atoms with Crippen LogP contribution < -0.4 is 5.32 Å². The SMILES string of the molecule is COCCCCCNCc1cccc(F)c1. The van der Waals surface area contributed by atoms with Gasteiger partial charge in [0.2, 0.25) is 0 Å². The van der Waals surface area contributed by atoms with Crippen LogP contribution in [0, 0.1) is 5.82 Å². The summed E-state index contributed by atoms with van der Waals surface area (Å²) < 4.78 is 17.8. The number of unbranched alkanes of at least 4 members (excludes halogenated alkanes) is 2. The second kappa shape index (κ2) is 8.25. The molecule has 0 saturated carbocycles. The van der Waals surface area contributed by atoms with Crippen molar-refractivity contribution in [1.82, 2.24) is 5.32 Å². The third-order valence-electron chi connectivity index (χ3n) is 2.42. The van der Waals surface area contributed by atoms with Gasteiger partial charge in [-0.25, -0.2) is 4.39 Å². The summed E-state index contributed by atoms with van der Waals surface area (Å²) in [4.78, 5) is 0. The highest BCUT2D eigenvalue weighted by atomic mass is 19.1. The lowest BCUT2D eigenvalue weighted by Crippen LogP contribution is -2.14. The van der Waals surface area contributed by atoms with Crippen LogP contribution >= 0.6 is 0 Å². The summed E-state index contributed by atoms with van der Waals surface area (Å²) in [5, 5.41) is 3.30. The van der Waals surface area contributed by atoms with Crippen molar-refractivity contribution in [3.8, 4) is 0 Å². The standard InChI is InChI=1S/C13H20FNO/c1-16-9-4-2-3-8-15-11-12-6-5-7-13(14)10-12/h5-7,10,15H,2-4,8-9,11H2,1H3. The third-order valence-corrected chi connectivity index (χ3v) is 2.42. The molecule has 2 nitrogen and oxygen atoms in total. The van der Waals surface area contributed by atoms with Gasteiger partial charge in [-0.2, -0.15) is 0 Å². The van der Waals surface area contributed by atoms with Crippen LogP contribution in [0.5, 0.6) is 0 Å². The summed E-state index contributed by atoms with van der Waals surface area (Å²) >= 11 is 0. The minimum absolute atomic E-state index is 0.167. The first kappa shape index (κ1) is 13.1. The molecular formula is C13H20FNO. The van der Waals surface area contributed by atoms with Gasteiger partial charge in [0.25, 0.3) is 0 Å². The number of rotatable bonds is 8. The molecular weight excluding hydrogens is 205 g/mol. The number of hydrogen-bond acceptors (Lipinski definition) is 2. The largest absolute Gasteiger partial charge is 0.385 e. The van der Waals surface area contributed by atoms with Crippen molar-refractivity contribution in [3.63, 3.8) is 0 Å². The summed E-state index contributed by atoms with van der Waals surface area (Å²) in [6, 6.07) is 6.71. The van der Waals surface area contributed by atoms with Gasteiger partial charge >= 0.3 is 0 Å². The van der Waals surface area contributed by atoms with Crippen LogP contribution in [0.4, 0.5) is 4.39 Å².